The van der Waals surface area contributed by atoms with Crippen molar-refractivity contribution in [3.63, 3.8) is 0 Å². The maximum atomic E-state index is 5.84. The van der Waals surface area contributed by atoms with Gasteiger partial charge in [-0.25, -0.2) is 0 Å². The first-order valence-electron chi connectivity index (χ1n) is 5.76. The molecule has 0 amide bonds. The molecular formula is C14H18N2O. The average molecular weight is 230 g/mol. The van der Waals surface area contributed by atoms with Crippen LogP contribution in [0.15, 0.2) is 36.4 Å². The largest absolute Gasteiger partial charge is 0.373 e. The van der Waals surface area contributed by atoms with Gasteiger partial charge in [-0.15, -0.1) is 0 Å². The zero-order chi connectivity index (χ0) is 12.3. The highest BCUT2D eigenvalue weighted by atomic mass is 16.5. The summed E-state index contributed by atoms with van der Waals surface area (Å²) in [5.41, 5.74) is 7.49. The van der Waals surface area contributed by atoms with Crippen molar-refractivity contribution in [2.45, 2.75) is 26.0 Å². The van der Waals surface area contributed by atoms with Gasteiger partial charge in [0.05, 0.1) is 24.4 Å². The second-order valence-electron chi connectivity index (χ2n) is 4.98. The monoisotopic (exact) mass is 230 g/mol. The van der Waals surface area contributed by atoms with Crippen LogP contribution in [0.5, 0.6) is 0 Å². The van der Waals surface area contributed by atoms with Crippen LogP contribution in [0.1, 0.15) is 19.5 Å². The summed E-state index contributed by atoms with van der Waals surface area (Å²) in [5, 5.41) is 1.15. The Kier molecular flexibility index (Phi) is 3.41. The summed E-state index contributed by atoms with van der Waals surface area (Å²) >= 11 is 0. The molecule has 1 aromatic carbocycles. The minimum atomic E-state index is -0.295. The first-order valence-corrected chi connectivity index (χ1v) is 5.76. The Morgan fingerprint density at radius 3 is 2.71 bits per heavy atom. The molecule has 0 radical (unpaired) electrons. The molecule has 2 rings (SSSR count). The van der Waals surface area contributed by atoms with Crippen molar-refractivity contribution < 1.29 is 4.74 Å². The van der Waals surface area contributed by atoms with E-state index in [2.05, 4.69) is 17.1 Å². The number of hydrogen-bond acceptors (Lipinski definition) is 3. The van der Waals surface area contributed by atoms with E-state index in [4.69, 9.17) is 10.5 Å². The molecule has 1 heterocycles. The molecule has 2 N–H and O–H groups in total. The number of nitrogens with zero attached hydrogens (tertiary/aromatic N) is 1. The van der Waals surface area contributed by atoms with Gasteiger partial charge in [-0.05, 0) is 26.0 Å². The fourth-order valence-electron chi connectivity index (χ4n) is 1.61. The van der Waals surface area contributed by atoms with Crippen molar-refractivity contribution in [3.8, 4) is 0 Å². The lowest BCUT2D eigenvalue weighted by atomic mass is 10.1. The van der Waals surface area contributed by atoms with Crippen LogP contribution in [0.4, 0.5) is 0 Å². The highest BCUT2D eigenvalue weighted by Crippen LogP contribution is 2.12. The number of pyridine rings is 1. The maximum Gasteiger partial charge on any atom is 0.0889 e. The number of hydrogen-bond donors (Lipinski definition) is 1. The number of ether oxygens (including phenoxy) is 1. The summed E-state index contributed by atoms with van der Waals surface area (Å²) in [6.45, 7) is 4.93. The minimum Gasteiger partial charge on any atom is -0.373 e. The minimum absolute atomic E-state index is 0.295. The number of benzene rings is 1. The van der Waals surface area contributed by atoms with Crippen LogP contribution in [-0.4, -0.2) is 17.1 Å². The number of fused-ring (bicyclic) bond motifs is 1. The van der Waals surface area contributed by atoms with Gasteiger partial charge < -0.3 is 10.5 Å². The molecule has 0 saturated heterocycles. The van der Waals surface area contributed by atoms with E-state index in [0.29, 0.717) is 13.2 Å². The number of rotatable bonds is 4. The predicted molar refractivity (Wildman–Crippen MR) is 69.7 cm³/mol. The smallest absolute Gasteiger partial charge is 0.0889 e. The Morgan fingerprint density at radius 2 is 1.94 bits per heavy atom. The number of aromatic nitrogens is 1. The Balaban J connectivity index is 2.04. The van der Waals surface area contributed by atoms with Gasteiger partial charge >= 0.3 is 0 Å². The van der Waals surface area contributed by atoms with Crippen molar-refractivity contribution in [1.29, 1.82) is 0 Å². The van der Waals surface area contributed by atoms with Crippen LogP contribution in [0.3, 0.4) is 0 Å². The first-order chi connectivity index (χ1) is 8.04. The van der Waals surface area contributed by atoms with E-state index >= 15 is 0 Å². The van der Waals surface area contributed by atoms with E-state index in [0.717, 1.165) is 16.6 Å². The third-order valence-electron chi connectivity index (χ3n) is 2.38. The van der Waals surface area contributed by atoms with Gasteiger partial charge in [0.15, 0.2) is 0 Å². The molecule has 0 aliphatic rings. The van der Waals surface area contributed by atoms with E-state index in [1.54, 1.807) is 0 Å². The average Bonchev–Trinajstić information content (AvgIpc) is 2.27. The van der Waals surface area contributed by atoms with E-state index in [1.807, 2.05) is 38.1 Å². The number of para-hydroxylation sites is 1. The van der Waals surface area contributed by atoms with E-state index in [1.165, 1.54) is 0 Å². The zero-order valence-corrected chi connectivity index (χ0v) is 10.3. The molecule has 3 heteroatoms. The van der Waals surface area contributed by atoms with Gasteiger partial charge in [-0.1, -0.05) is 24.3 Å². The maximum absolute atomic E-state index is 5.84. The highest BCUT2D eigenvalue weighted by Gasteiger charge is 2.10. The lowest BCUT2D eigenvalue weighted by molar-refractivity contribution is 0.0832. The summed E-state index contributed by atoms with van der Waals surface area (Å²) < 4.78 is 5.55. The van der Waals surface area contributed by atoms with Crippen LogP contribution < -0.4 is 5.73 Å². The van der Waals surface area contributed by atoms with Crippen molar-refractivity contribution >= 4 is 10.9 Å². The summed E-state index contributed by atoms with van der Waals surface area (Å²) in [5.74, 6) is 0. The molecule has 17 heavy (non-hydrogen) atoms. The normalized spacial score (nSPS) is 11.9. The third kappa shape index (κ3) is 3.51. The molecule has 90 valence electrons. The van der Waals surface area contributed by atoms with Crippen molar-refractivity contribution in [2.24, 2.45) is 5.73 Å². The zero-order valence-electron chi connectivity index (χ0n) is 10.3. The SMILES string of the molecule is CC(C)(N)COCc1ccc2ccccc2n1. The quantitative estimate of drug-likeness (QED) is 0.877. The summed E-state index contributed by atoms with van der Waals surface area (Å²) in [6.07, 6.45) is 0. The van der Waals surface area contributed by atoms with Crippen molar-refractivity contribution in [1.82, 2.24) is 4.98 Å². The van der Waals surface area contributed by atoms with E-state index in [-0.39, 0.29) is 5.54 Å². The van der Waals surface area contributed by atoms with Gasteiger partial charge in [-0.2, -0.15) is 0 Å². The lowest BCUT2D eigenvalue weighted by Crippen LogP contribution is -2.37. The first kappa shape index (κ1) is 12.0. The number of nitrogens with two attached hydrogens (primary N) is 1. The fourth-order valence-corrected chi connectivity index (χ4v) is 1.61. The predicted octanol–water partition coefficient (Wildman–Crippen LogP) is 2.49. The summed E-state index contributed by atoms with van der Waals surface area (Å²) in [7, 11) is 0. The standard InChI is InChI=1S/C14H18N2O/c1-14(2,15)10-17-9-12-8-7-11-5-3-4-6-13(11)16-12/h3-8H,9-10,15H2,1-2H3. The van der Waals surface area contributed by atoms with Gasteiger partial charge in [0.2, 0.25) is 0 Å². The molecule has 2 aromatic rings. The van der Waals surface area contributed by atoms with Gasteiger partial charge in [0.1, 0.15) is 0 Å². The van der Waals surface area contributed by atoms with Crippen LogP contribution in [-0.2, 0) is 11.3 Å². The van der Waals surface area contributed by atoms with Gasteiger partial charge in [0, 0.05) is 10.9 Å². The molecule has 1 aromatic heterocycles. The molecule has 0 unspecified atom stereocenters. The van der Waals surface area contributed by atoms with Crippen LogP contribution in [0.25, 0.3) is 10.9 Å². The molecule has 0 atom stereocenters. The molecule has 0 spiro atoms. The third-order valence-corrected chi connectivity index (χ3v) is 2.38. The highest BCUT2D eigenvalue weighted by molar-refractivity contribution is 5.78. The molecule has 0 bridgehead atoms. The van der Waals surface area contributed by atoms with E-state index in [9.17, 15) is 0 Å². The molecule has 0 fully saturated rings. The molecule has 0 aliphatic heterocycles. The van der Waals surface area contributed by atoms with Crippen LogP contribution in [0.2, 0.25) is 0 Å². The Hall–Kier alpha value is -1.45. The molecule has 0 saturated carbocycles. The van der Waals surface area contributed by atoms with Gasteiger partial charge in [-0.3, -0.25) is 4.98 Å². The van der Waals surface area contributed by atoms with Crippen molar-refractivity contribution in [2.75, 3.05) is 6.61 Å². The van der Waals surface area contributed by atoms with Gasteiger partial charge in [0.25, 0.3) is 0 Å². The molecular weight excluding hydrogens is 212 g/mol. The van der Waals surface area contributed by atoms with Crippen molar-refractivity contribution in [3.05, 3.63) is 42.1 Å². The Bertz CT molecular complexity index is 503. The second kappa shape index (κ2) is 4.82. The second-order valence-corrected chi connectivity index (χ2v) is 4.98. The lowest BCUT2D eigenvalue weighted by Gasteiger charge is -2.17. The van der Waals surface area contributed by atoms with Crippen LogP contribution >= 0.6 is 0 Å². The molecule has 3 nitrogen and oxygen atoms in total. The van der Waals surface area contributed by atoms with E-state index < -0.39 is 0 Å². The summed E-state index contributed by atoms with van der Waals surface area (Å²) in [4.78, 5) is 4.53. The van der Waals surface area contributed by atoms with Crippen LogP contribution in [0, 0.1) is 0 Å². The topological polar surface area (TPSA) is 48.1 Å². The molecule has 0 aliphatic carbocycles. The fraction of sp³-hybridized carbons (Fsp3) is 0.357. The Morgan fingerprint density at radius 1 is 1.18 bits per heavy atom. The summed E-state index contributed by atoms with van der Waals surface area (Å²) in [6, 6.07) is 12.1. The Labute approximate surface area is 102 Å².